The van der Waals surface area contributed by atoms with Crippen LogP contribution in [0.2, 0.25) is 0 Å². The number of nitrogens with one attached hydrogen (secondary N) is 1. The fraction of sp³-hybridized carbons (Fsp3) is 0.429. The van der Waals surface area contributed by atoms with E-state index in [9.17, 15) is 14.0 Å². The number of piperazine rings is 1. The standard InChI is InChI=1S/C14H16FIN2O2/c1-4-14(3)13(20)18(8(2)12(19)17-14)11-6-5-9(15)7-10(11)16/h5-8H,4H2,1-3H3,(H,17,19). The molecule has 1 fully saturated rings. The molecular formula is C14H16FIN2O2. The first-order chi connectivity index (χ1) is 9.30. The minimum absolute atomic E-state index is 0.170. The number of hydrogen-bond acceptors (Lipinski definition) is 2. The number of carbonyl (C=O) groups excluding carboxylic acids is 2. The van der Waals surface area contributed by atoms with E-state index in [4.69, 9.17) is 0 Å². The quantitative estimate of drug-likeness (QED) is 0.789. The molecule has 0 radical (unpaired) electrons. The lowest BCUT2D eigenvalue weighted by molar-refractivity contribution is -0.137. The molecule has 2 unspecified atom stereocenters. The van der Waals surface area contributed by atoms with Crippen LogP contribution in [0.25, 0.3) is 0 Å². The predicted octanol–water partition coefficient (Wildman–Crippen LogP) is 2.45. The van der Waals surface area contributed by atoms with Crippen LogP contribution in [0.3, 0.4) is 0 Å². The third-order valence-corrected chi connectivity index (χ3v) is 4.60. The van der Waals surface area contributed by atoms with Crippen LogP contribution in [0.1, 0.15) is 27.2 Å². The predicted molar refractivity (Wildman–Crippen MR) is 82.9 cm³/mol. The molecule has 2 atom stereocenters. The Morgan fingerprint density at radius 3 is 2.65 bits per heavy atom. The summed E-state index contributed by atoms with van der Waals surface area (Å²) in [5, 5.41) is 2.77. The van der Waals surface area contributed by atoms with Crippen LogP contribution in [0.4, 0.5) is 10.1 Å². The molecule has 0 aliphatic carbocycles. The van der Waals surface area contributed by atoms with Crippen molar-refractivity contribution in [1.82, 2.24) is 5.32 Å². The number of carbonyl (C=O) groups is 2. The van der Waals surface area contributed by atoms with Gasteiger partial charge in [-0.1, -0.05) is 6.92 Å². The normalized spacial score (nSPS) is 26.6. The SMILES string of the molecule is CCC1(C)NC(=O)C(C)N(c2ccc(F)cc2I)C1=O. The van der Waals surface area contributed by atoms with Crippen LogP contribution < -0.4 is 10.2 Å². The van der Waals surface area contributed by atoms with Crippen molar-refractivity contribution in [3.63, 3.8) is 0 Å². The van der Waals surface area contributed by atoms with Gasteiger partial charge in [-0.25, -0.2) is 4.39 Å². The molecule has 1 heterocycles. The highest BCUT2D eigenvalue weighted by molar-refractivity contribution is 14.1. The van der Waals surface area contributed by atoms with Gasteiger partial charge in [-0.3, -0.25) is 14.5 Å². The van der Waals surface area contributed by atoms with E-state index in [1.54, 1.807) is 19.9 Å². The molecule has 0 aromatic heterocycles. The molecule has 1 aromatic rings. The van der Waals surface area contributed by atoms with Crippen molar-refractivity contribution < 1.29 is 14.0 Å². The summed E-state index contributed by atoms with van der Waals surface area (Å²) >= 11 is 1.97. The van der Waals surface area contributed by atoms with Crippen molar-refractivity contribution in [3.8, 4) is 0 Å². The second kappa shape index (κ2) is 5.31. The van der Waals surface area contributed by atoms with Crippen molar-refractivity contribution in [1.29, 1.82) is 0 Å². The second-order valence-corrected chi connectivity index (χ2v) is 6.28. The monoisotopic (exact) mass is 390 g/mol. The molecule has 2 amide bonds. The second-order valence-electron chi connectivity index (χ2n) is 5.12. The lowest BCUT2D eigenvalue weighted by atomic mass is 9.92. The van der Waals surface area contributed by atoms with Gasteiger partial charge in [-0.15, -0.1) is 0 Å². The molecule has 1 saturated heterocycles. The van der Waals surface area contributed by atoms with Gasteiger partial charge in [0.2, 0.25) is 5.91 Å². The zero-order valence-corrected chi connectivity index (χ0v) is 13.7. The molecule has 108 valence electrons. The van der Waals surface area contributed by atoms with Gasteiger partial charge in [0.05, 0.1) is 5.69 Å². The number of rotatable bonds is 2. The van der Waals surface area contributed by atoms with Gasteiger partial charge in [-0.05, 0) is 61.1 Å². The average molecular weight is 390 g/mol. The van der Waals surface area contributed by atoms with Crippen molar-refractivity contribution in [3.05, 3.63) is 27.6 Å². The summed E-state index contributed by atoms with van der Waals surface area (Å²) in [5.41, 5.74) is -0.347. The molecule has 1 aliphatic rings. The maximum atomic E-state index is 13.2. The minimum atomic E-state index is -0.916. The summed E-state index contributed by atoms with van der Waals surface area (Å²) in [7, 11) is 0. The highest BCUT2D eigenvalue weighted by Gasteiger charge is 2.46. The van der Waals surface area contributed by atoms with E-state index in [1.165, 1.54) is 17.0 Å². The lowest BCUT2D eigenvalue weighted by Gasteiger charge is -2.43. The first-order valence-electron chi connectivity index (χ1n) is 6.41. The van der Waals surface area contributed by atoms with E-state index in [0.29, 0.717) is 15.7 Å². The molecule has 20 heavy (non-hydrogen) atoms. The number of halogens is 2. The maximum Gasteiger partial charge on any atom is 0.253 e. The number of amides is 2. The van der Waals surface area contributed by atoms with Crippen molar-refractivity contribution >= 4 is 40.1 Å². The van der Waals surface area contributed by atoms with E-state index in [-0.39, 0.29) is 17.6 Å². The molecular weight excluding hydrogens is 374 g/mol. The van der Waals surface area contributed by atoms with Crippen LogP contribution in [0, 0.1) is 9.39 Å². The van der Waals surface area contributed by atoms with Crippen LogP contribution in [0.15, 0.2) is 18.2 Å². The number of benzene rings is 1. The Kier molecular flexibility index (Phi) is 4.04. The van der Waals surface area contributed by atoms with E-state index < -0.39 is 11.6 Å². The molecule has 1 N–H and O–H groups in total. The van der Waals surface area contributed by atoms with Gasteiger partial charge in [-0.2, -0.15) is 0 Å². The third kappa shape index (κ3) is 2.41. The fourth-order valence-electron chi connectivity index (χ4n) is 2.22. The Hall–Kier alpha value is -1.18. The van der Waals surface area contributed by atoms with Gasteiger partial charge >= 0.3 is 0 Å². The zero-order chi connectivity index (χ0) is 15.1. The molecule has 2 rings (SSSR count). The van der Waals surface area contributed by atoms with Gasteiger partial charge in [0.15, 0.2) is 0 Å². The van der Waals surface area contributed by atoms with E-state index in [0.717, 1.165) is 0 Å². The molecule has 0 spiro atoms. The van der Waals surface area contributed by atoms with Crippen LogP contribution in [-0.2, 0) is 9.59 Å². The van der Waals surface area contributed by atoms with Gasteiger partial charge in [0, 0.05) is 3.57 Å². The summed E-state index contributed by atoms with van der Waals surface area (Å²) in [6, 6.07) is 3.58. The summed E-state index contributed by atoms with van der Waals surface area (Å²) in [6.45, 7) is 5.23. The Morgan fingerprint density at radius 2 is 2.10 bits per heavy atom. The van der Waals surface area contributed by atoms with Crippen LogP contribution >= 0.6 is 22.6 Å². The fourth-order valence-corrected chi connectivity index (χ4v) is 2.96. The van der Waals surface area contributed by atoms with Crippen molar-refractivity contribution in [2.75, 3.05) is 4.90 Å². The maximum absolute atomic E-state index is 13.2. The molecule has 6 heteroatoms. The van der Waals surface area contributed by atoms with E-state index in [1.807, 2.05) is 29.5 Å². The Balaban J connectivity index is 2.51. The summed E-state index contributed by atoms with van der Waals surface area (Å²) < 4.78 is 13.8. The number of anilines is 1. The molecule has 4 nitrogen and oxygen atoms in total. The first kappa shape index (κ1) is 15.2. The molecule has 0 bridgehead atoms. The van der Waals surface area contributed by atoms with E-state index >= 15 is 0 Å². The minimum Gasteiger partial charge on any atom is -0.340 e. The largest absolute Gasteiger partial charge is 0.340 e. The number of hydrogen-bond donors (Lipinski definition) is 1. The Labute approximate surface area is 130 Å². The van der Waals surface area contributed by atoms with E-state index in [2.05, 4.69) is 5.32 Å². The Morgan fingerprint density at radius 1 is 1.45 bits per heavy atom. The molecule has 1 aromatic carbocycles. The highest BCUT2D eigenvalue weighted by Crippen LogP contribution is 2.31. The topological polar surface area (TPSA) is 49.4 Å². The van der Waals surface area contributed by atoms with Crippen molar-refractivity contribution in [2.24, 2.45) is 0 Å². The Bertz CT molecular complexity index is 578. The highest BCUT2D eigenvalue weighted by atomic mass is 127. The third-order valence-electron chi connectivity index (χ3n) is 3.73. The summed E-state index contributed by atoms with van der Waals surface area (Å²) in [6.07, 6.45) is 0.499. The van der Waals surface area contributed by atoms with Crippen LogP contribution in [-0.4, -0.2) is 23.4 Å². The molecule has 1 aliphatic heterocycles. The molecule has 0 saturated carbocycles. The van der Waals surface area contributed by atoms with Gasteiger partial charge < -0.3 is 5.32 Å². The number of nitrogens with zero attached hydrogens (tertiary/aromatic N) is 1. The van der Waals surface area contributed by atoms with Crippen LogP contribution in [0.5, 0.6) is 0 Å². The van der Waals surface area contributed by atoms with Gasteiger partial charge in [0.25, 0.3) is 5.91 Å². The smallest absolute Gasteiger partial charge is 0.253 e. The zero-order valence-electron chi connectivity index (χ0n) is 11.5. The first-order valence-corrected chi connectivity index (χ1v) is 7.49. The average Bonchev–Trinajstić information content (AvgIpc) is 2.39. The van der Waals surface area contributed by atoms with Crippen molar-refractivity contribution in [2.45, 2.75) is 38.8 Å². The lowest BCUT2D eigenvalue weighted by Crippen LogP contribution is -2.68. The van der Waals surface area contributed by atoms with Gasteiger partial charge in [0.1, 0.15) is 17.4 Å². The summed E-state index contributed by atoms with van der Waals surface area (Å²) in [4.78, 5) is 26.2. The summed E-state index contributed by atoms with van der Waals surface area (Å²) in [5.74, 6) is -0.733.